The number of hydrogen-bond donors (Lipinski definition) is 1. The Labute approximate surface area is 245 Å². The van der Waals surface area contributed by atoms with Crippen LogP contribution in [-0.2, 0) is 6.42 Å². The van der Waals surface area contributed by atoms with Crippen LogP contribution < -0.4 is 4.90 Å². The summed E-state index contributed by atoms with van der Waals surface area (Å²) < 4.78 is 0. The van der Waals surface area contributed by atoms with E-state index < -0.39 is 0 Å². The van der Waals surface area contributed by atoms with Crippen LogP contribution >= 0.6 is 0 Å². The van der Waals surface area contributed by atoms with Crippen molar-refractivity contribution in [2.24, 2.45) is 5.41 Å². The van der Waals surface area contributed by atoms with Gasteiger partial charge in [0.25, 0.3) is 0 Å². The van der Waals surface area contributed by atoms with Crippen molar-refractivity contribution in [3.05, 3.63) is 101 Å². The Kier molecular flexibility index (Phi) is 6.98. The molecule has 3 fully saturated rings. The van der Waals surface area contributed by atoms with Crippen LogP contribution in [0.2, 0.25) is 0 Å². The topological polar surface area (TPSA) is 35.2 Å². The van der Waals surface area contributed by atoms with Crippen molar-refractivity contribution in [3.8, 4) is 0 Å². The van der Waals surface area contributed by atoms with Gasteiger partial charge in [0.2, 0.25) is 0 Å². The zero-order valence-corrected chi connectivity index (χ0v) is 24.8. The molecule has 4 heterocycles. The van der Waals surface area contributed by atoms with E-state index in [4.69, 9.17) is 0 Å². The minimum absolute atomic E-state index is 0.549. The number of rotatable bonds is 7. The predicted molar refractivity (Wildman–Crippen MR) is 172 cm³/mol. The fourth-order valence-electron chi connectivity index (χ4n) is 8.17. The van der Waals surface area contributed by atoms with Crippen molar-refractivity contribution in [2.75, 3.05) is 24.5 Å². The van der Waals surface area contributed by atoms with Gasteiger partial charge in [-0.05, 0) is 115 Å². The van der Waals surface area contributed by atoms with Crippen LogP contribution in [0.1, 0.15) is 92.1 Å². The first-order valence-corrected chi connectivity index (χ1v) is 15.8. The van der Waals surface area contributed by atoms with E-state index in [1.54, 1.807) is 11.1 Å². The van der Waals surface area contributed by atoms with Crippen LogP contribution in [0.5, 0.6) is 0 Å². The summed E-state index contributed by atoms with van der Waals surface area (Å²) in [6, 6.07) is 21.9. The molecule has 2 saturated heterocycles. The Morgan fingerprint density at radius 3 is 2.68 bits per heavy atom. The van der Waals surface area contributed by atoms with Gasteiger partial charge in [0.15, 0.2) is 0 Å². The average Bonchev–Trinajstić information content (AvgIpc) is 3.65. The molecule has 2 aliphatic heterocycles. The van der Waals surface area contributed by atoms with Crippen molar-refractivity contribution in [1.82, 2.24) is 14.9 Å². The molecule has 4 nitrogen and oxygen atoms in total. The Hall–Kier alpha value is -3.37. The Bertz CT molecular complexity index is 1530. The third-order valence-electron chi connectivity index (χ3n) is 10.5. The molecule has 1 atom stereocenters. The van der Waals surface area contributed by atoms with E-state index in [0.29, 0.717) is 17.4 Å². The van der Waals surface area contributed by atoms with E-state index >= 15 is 0 Å². The molecule has 1 saturated carbocycles. The normalized spacial score (nSPS) is 21.1. The Morgan fingerprint density at radius 1 is 1.05 bits per heavy atom. The zero-order chi connectivity index (χ0) is 28.0. The number of benzene rings is 2. The second kappa shape index (κ2) is 10.8. The summed E-state index contributed by atoms with van der Waals surface area (Å²) in [7, 11) is 0. The van der Waals surface area contributed by atoms with Crippen LogP contribution in [0.4, 0.5) is 5.69 Å². The number of nitrogens with one attached hydrogen (secondary N) is 1. The highest BCUT2D eigenvalue weighted by atomic mass is 15.2. The number of aromatic amines is 1. The molecular weight excluding hydrogens is 500 g/mol. The quantitative estimate of drug-likeness (QED) is 0.253. The molecule has 41 heavy (non-hydrogen) atoms. The number of pyridine rings is 1. The van der Waals surface area contributed by atoms with Crippen LogP contribution in [0.15, 0.2) is 73.6 Å². The average molecular weight is 545 g/mol. The maximum atomic E-state index is 4.61. The molecule has 2 aromatic carbocycles. The van der Waals surface area contributed by atoms with Crippen molar-refractivity contribution in [1.29, 1.82) is 0 Å². The van der Waals surface area contributed by atoms with Gasteiger partial charge in [-0.3, -0.25) is 4.90 Å². The molecule has 212 valence electrons. The van der Waals surface area contributed by atoms with Gasteiger partial charge in [-0.2, -0.15) is 0 Å². The lowest BCUT2D eigenvalue weighted by Crippen LogP contribution is -2.55. The summed E-state index contributed by atoms with van der Waals surface area (Å²) in [5.74, 6) is 0.589. The molecule has 1 N–H and O–H groups in total. The molecule has 2 aromatic heterocycles. The summed E-state index contributed by atoms with van der Waals surface area (Å²) in [5, 5.41) is 1.17. The summed E-state index contributed by atoms with van der Waals surface area (Å²) >= 11 is 0. The van der Waals surface area contributed by atoms with Gasteiger partial charge in [-0.25, -0.2) is 4.98 Å². The first-order chi connectivity index (χ1) is 20.0. The smallest absolute Gasteiger partial charge is 0.137 e. The second-order valence-electron chi connectivity index (χ2n) is 13.3. The first-order valence-electron chi connectivity index (χ1n) is 15.8. The van der Waals surface area contributed by atoms with Gasteiger partial charge in [-0.15, -0.1) is 0 Å². The Morgan fingerprint density at radius 2 is 1.88 bits per heavy atom. The summed E-state index contributed by atoms with van der Waals surface area (Å²) in [6.45, 7) is 12.4. The van der Waals surface area contributed by atoms with Crippen molar-refractivity contribution >= 4 is 22.8 Å². The monoisotopic (exact) mass is 544 g/mol. The highest BCUT2D eigenvalue weighted by Gasteiger charge is 2.50. The standard InChI is InChI=1S/C37H44N4/c1-4-28-11-12-31(22-30(28)21-27-20-29-13-16-38-36(29)39-25-27)40-18-14-37(15-19-40)23-32(24-37)41-17-7-10-35(41)34-9-6-5-8-33(34)26(2)3/h4-6,8-9,11-13,16,20,22,25-26,32,35H,1,7,10,14-15,17-19,21,23-24H2,2-3H3,(H,38,39)/t35-/m0/s1. The van der Waals surface area contributed by atoms with Crippen LogP contribution in [0.3, 0.4) is 0 Å². The number of aromatic nitrogens is 2. The number of likely N-dealkylation sites (tertiary alicyclic amines) is 1. The SMILES string of the molecule is C=Cc1ccc(N2CCC3(CC2)CC(N2CCC[C@H]2c2ccccc2C(C)C)C3)cc1Cc1cnc2[nH]ccc2c1. The van der Waals surface area contributed by atoms with Crippen LogP contribution in [0.25, 0.3) is 17.1 Å². The molecule has 7 rings (SSSR count). The maximum absolute atomic E-state index is 4.61. The largest absolute Gasteiger partial charge is 0.371 e. The number of anilines is 1. The number of hydrogen-bond acceptors (Lipinski definition) is 3. The third-order valence-corrected chi connectivity index (χ3v) is 10.5. The minimum atomic E-state index is 0.549. The van der Waals surface area contributed by atoms with Crippen molar-refractivity contribution in [2.45, 2.75) is 76.8 Å². The second-order valence-corrected chi connectivity index (χ2v) is 13.3. The van der Waals surface area contributed by atoms with E-state index in [2.05, 4.69) is 94.8 Å². The lowest BCUT2D eigenvalue weighted by atomic mass is 9.59. The van der Waals surface area contributed by atoms with E-state index in [-0.39, 0.29) is 0 Å². The highest BCUT2D eigenvalue weighted by Crippen LogP contribution is 2.54. The van der Waals surface area contributed by atoms with Crippen LogP contribution in [-0.4, -0.2) is 40.5 Å². The molecule has 1 spiro atoms. The minimum Gasteiger partial charge on any atom is -0.371 e. The number of nitrogens with zero attached hydrogens (tertiary/aromatic N) is 3. The highest BCUT2D eigenvalue weighted by molar-refractivity contribution is 5.76. The fraction of sp³-hybridized carbons (Fsp3) is 0.432. The third kappa shape index (κ3) is 5.01. The molecule has 0 bridgehead atoms. The molecule has 0 amide bonds. The van der Waals surface area contributed by atoms with E-state index in [1.807, 2.05) is 18.5 Å². The molecule has 0 unspecified atom stereocenters. The number of H-pyrrole nitrogens is 1. The lowest BCUT2D eigenvalue weighted by Gasteiger charge is -2.56. The van der Waals surface area contributed by atoms with Gasteiger partial charge in [0.05, 0.1) is 0 Å². The molecule has 4 aromatic rings. The lowest BCUT2D eigenvalue weighted by molar-refractivity contribution is -0.0227. The van der Waals surface area contributed by atoms with E-state index in [1.165, 1.54) is 72.8 Å². The molecule has 3 aliphatic rings. The van der Waals surface area contributed by atoms with Gasteiger partial charge < -0.3 is 9.88 Å². The summed E-state index contributed by atoms with van der Waals surface area (Å²) in [5.41, 5.74) is 9.80. The van der Waals surface area contributed by atoms with E-state index in [9.17, 15) is 0 Å². The summed E-state index contributed by atoms with van der Waals surface area (Å²) in [4.78, 5) is 13.3. The van der Waals surface area contributed by atoms with Gasteiger partial charge in [0.1, 0.15) is 5.65 Å². The van der Waals surface area contributed by atoms with Crippen molar-refractivity contribution < 1.29 is 0 Å². The zero-order valence-electron chi connectivity index (χ0n) is 24.8. The van der Waals surface area contributed by atoms with Gasteiger partial charge in [0, 0.05) is 48.6 Å². The predicted octanol–water partition coefficient (Wildman–Crippen LogP) is 8.51. The van der Waals surface area contributed by atoms with Gasteiger partial charge in [-0.1, -0.05) is 56.8 Å². The molecule has 4 heteroatoms. The summed E-state index contributed by atoms with van der Waals surface area (Å²) in [6.07, 6.45) is 14.9. The molecule has 0 radical (unpaired) electrons. The Balaban J connectivity index is 1.00. The van der Waals surface area contributed by atoms with Crippen LogP contribution in [0, 0.1) is 5.41 Å². The first kappa shape index (κ1) is 26.5. The van der Waals surface area contributed by atoms with Gasteiger partial charge >= 0.3 is 0 Å². The molecule has 1 aliphatic carbocycles. The fourth-order valence-corrected chi connectivity index (χ4v) is 8.17. The number of piperidine rings is 1. The van der Waals surface area contributed by atoms with E-state index in [0.717, 1.165) is 31.2 Å². The van der Waals surface area contributed by atoms with Crippen molar-refractivity contribution in [3.63, 3.8) is 0 Å². The maximum Gasteiger partial charge on any atom is 0.137 e. The number of fused-ring (bicyclic) bond motifs is 1. The molecular formula is C37H44N4.